The standard InChI is InChI=1S/C12H15N3O3S/c13-4-1-2-10-6-12(8-14-7-10)19(16,17)15-11-3-5-18-9-11/h6-8,11,15H,3-5,9,13H2. The Morgan fingerprint density at radius 2 is 2.37 bits per heavy atom. The van der Waals surface area contributed by atoms with E-state index in [1.165, 1.54) is 18.5 Å². The van der Waals surface area contributed by atoms with Crippen molar-refractivity contribution >= 4 is 10.0 Å². The van der Waals surface area contributed by atoms with E-state index in [4.69, 9.17) is 10.5 Å². The average molecular weight is 281 g/mol. The van der Waals surface area contributed by atoms with Crippen LogP contribution in [0, 0.1) is 11.8 Å². The van der Waals surface area contributed by atoms with Gasteiger partial charge in [-0.1, -0.05) is 11.8 Å². The summed E-state index contributed by atoms with van der Waals surface area (Å²) >= 11 is 0. The Kier molecular flexibility index (Phi) is 4.50. The summed E-state index contributed by atoms with van der Waals surface area (Å²) in [5.74, 6) is 5.41. The predicted molar refractivity (Wildman–Crippen MR) is 69.7 cm³/mol. The third kappa shape index (κ3) is 3.75. The molecule has 1 atom stereocenters. The minimum absolute atomic E-state index is 0.100. The summed E-state index contributed by atoms with van der Waals surface area (Å²) < 4.78 is 32.0. The number of ether oxygens (including phenoxy) is 1. The Hall–Kier alpha value is -1.46. The van der Waals surface area contributed by atoms with E-state index in [1.54, 1.807) is 0 Å². The molecule has 1 aromatic heterocycles. The van der Waals surface area contributed by atoms with Gasteiger partial charge in [0.2, 0.25) is 10.0 Å². The van der Waals surface area contributed by atoms with Gasteiger partial charge in [-0.05, 0) is 12.5 Å². The zero-order valence-electron chi connectivity index (χ0n) is 10.3. The number of sulfonamides is 1. The largest absolute Gasteiger partial charge is 0.380 e. The fourth-order valence-corrected chi connectivity index (χ4v) is 2.94. The number of nitrogens with one attached hydrogen (secondary N) is 1. The van der Waals surface area contributed by atoms with Crippen LogP contribution in [0.15, 0.2) is 23.4 Å². The molecule has 6 nitrogen and oxygen atoms in total. The first kappa shape index (κ1) is 14.0. The SMILES string of the molecule is NCC#Cc1cncc(S(=O)(=O)NC2CCOC2)c1. The Labute approximate surface area is 112 Å². The maximum Gasteiger partial charge on any atom is 0.242 e. The van der Waals surface area contributed by atoms with Crippen LogP contribution in [0.1, 0.15) is 12.0 Å². The monoisotopic (exact) mass is 281 g/mol. The van der Waals surface area contributed by atoms with Crippen LogP contribution in [0.5, 0.6) is 0 Å². The molecule has 0 bridgehead atoms. The molecule has 102 valence electrons. The van der Waals surface area contributed by atoms with E-state index < -0.39 is 10.0 Å². The lowest BCUT2D eigenvalue weighted by atomic mass is 10.3. The molecule has 0 amide bonds. The normalized spacial score (nSPS) is 18.9. The molecule has 2 rings (SSSR count). The summed E-state index contributed by atoms with van der Waals surface area (Å²) in [5.41, 5.74) is 5.79. The number of hydrogen-bond acceptors (Lipinski definition) is 5. The van der Waals surface area contributed by atoms with Gasteiger partial charge in [0.1, 0.15) is 4.90 Å². The van der Waals surface area contributed by atoms with Crippen LogP contribution in [-0.2, 0) is 14.8 Å². The molecule has 1 unspecified atom stereocenters. The summed E-state index contributed by atoms with van der Waals surface area (Å²) in [6, 6.07) is 1.30. The van der Waals surface area contributed by atoms with Crippen LogP contribution >= 0.6 is 0 Å². The first-order chi connectivity index (χ1) is 9.12. The van der Waals surface area contributed by atoms with E-state index >= 15 is 0 Å². The molecule has 1 aliphatic heterocycles. The maximum atomic E-state index is 12.1. The number of rotatable bonds is 3. The van der Waals surface area contributed by atoms with Gasteiger partial charge in [-0.2, -0.15) is 0 Å². The molecule has 3 N–H and O–H groups in total. The highest BCUT2D eigenvalue weighted by atomic mass is 32.2. The summed E-state index contributed by atoms with van der Waals surface area (Å²) in [6.07, 6.45) is 3.48. The average Bonchev–Trinajstić information content (AvgIpc) is 2.89. The lowest BCUT2D eigenvalue weighted by Crippen LogP contribution is -2.35. The molecule has 19 heavy (non-hydrogen) atoms. The van der Waals surface area contributed by atoms with Crippen LogP contribution in [0.3, 0.4) is 0 Å². The van der Waals surface area contributed by atoms with Gasteiger partial charge in [0, 0.05) is 30.6 Å². The third-order valence-electron chi connectivity index (χ3n) is 2.61. The second kappa shape index (κ2) is 6.12. The molecule has 0 spiro atoms. The van der Waals surface area contributed by atoms with Crippen molar-refractivity contribution in [3.05, 3.63) is 24.0 Å². The van der Waals surface area contributed by atoms with Crippen LogP contribution in [0.25, 0.3) is 0 Å². The van der Waals surface area contributed by atoms with Crippen molar-refractivity contribution in [1.82, 2.24) is 9.71 Å². The molecule has 0 aromatic carbocycles. The van der Waals surface area contributed by atoms with E-state index in [1.807, 2.05) is 0 Å². The number of nitrogens with zero attached hydrogens (tertiary/aromatic N) is 1. The van der Waals surface area contributed by atoms with Gasteiger partial charge in [-0.3, -0.25) is 4.98 Å². The van der Waals surface area contributed by atoms with Gasteiger partial charge >= 0.3 is 0 Å². The van der Waals surface area contributed by atoms with E-state index in [0.717, 1.165) is 0 Å². The number of pyridine rings is 1. The smallest absolute Gasteiger partial charge is 0.242 e. The number of hydrogen-bond donors (Lipinski definition) is 2. The van der Waals surface area contributed by atoms with E-state index in [0.29, 0.717) is 25.2 Å². The van der Waals surface area contributed by atoms with E-state index in [9.17, 15) is 8.42 Å². The van der Waals surface area contributed by atoms with Crippen molar-refractivity contribution in [1.29, 1.82) is 0 Å². The van der Waals surface area contributed by atoms with Gasteiger partial charge < -0.3 is 10.5 Å². The highest BCUT2D eigenvalue weighted by molar-refractivity contribution is 7.89. The van der Waals surface area contributed by atoms with Gasteiger partial charge in [-0.25, -0.2) is 13.1 Å². The first-order valence-electron chi connectivity index (χ1n) is 5.86. The molecular formula is C12H15N3O3S. The van der Waals surface area contributed by atoms with Crippen molar-refractivity contribution in [2.45, 2.75) is 17.4 Å². The van der Waals surface area contributed by atoms with Crippen LogP contribution in [0.2, 0.25) is 0 Å². The minimum atomic E-state index is -3.58. The van der Waals surface area contributed by atoms with Crippen molar-refractivity contribution < 1.29 is 13.2 Å². The quantitative estimate of drug-likeness (QED) is 0.726. The van der Waals surface area contributed by atoms with Gasteiger partial charge in [0.25, 0.3) is 0 Å². The molecular weight excluding hydrogens is 266 g/mol. The lowest BCUT2D eigenvalue weighted by Gasteiger charge is -2.11. The van der Waals surface area contributed by atoms with Crippen molar-refractivity contribution in [2.24, 2.45) is 5.73 Å². The molecule has 0 radical (unpaired) electrons. The van der Waals surface area contributed by atoms with Crippen molar-refractivity contribution in [3.8, 4) is 11.8 Å². The fraction of sp³-hybridized carbons (Fsp3) is 0.417. The zero-order chi connectivity index (χ0) is 13.7. The molecule has 2 heterocycles. The summed E-state index contributed by atoms with van der Waals surface area (Å²) in [6.45, 7) is 1.20. The fourth-order valence-electron chi connectivity index (χ4n) is 1.70. The Morgan fingerprint density at radius 1 is 1.53 bits per heavy atom. The number of nitrogens with two attached hydrogens (primary N) is 1. The topological polar surface area (TPSA) is 94.3 Å². The van der Waals surface area contributed by atoms with E-state index in [-0.39, 0.29) is 17.5 Å². The maximum absolute atomic E-state index is 12.1. The van der Waals surface area contributed by atoms with Gasteiger partial charge in [0.05, 0.1) is 13.2 Å². The molecule has 1 saturated heterocycles. The number of aromatic nitrogens is 1. The van der Waals surface area contributed by atoms with E-state index in [2.05, 4.69) is 21.5 Å². The highest BCUT2D eigenvalue weighted by Gasteiger charge is 2.23. The van der Waals surface area contributed by atoms with Crippen LogP contribution < -0.4 is 10.5 Å². The Morgan fingerprint density at radius 3 is 3.05 bits per heavy atom. The second-order valence-electron chi connectivity index (χ2n) is 4.10. The first-order valence-corrected chi connectivity index (χ1v) is 7.34. The van der Waals surface area contributed by atoms with Crippen molar-refractivity contribution in [2.75, 3.05) is 19.8 Å². The van der Waals surface area contributed by atoms with Crippen LogP contribution in [-0.4, -0.2) is 39.2 Å². The Bertz CT molecular complexity index is 598. The molecule has 0 saturated carbocycles. The summed E-state index contributed by atoms with van der Waals surface area (Å²) in [4.78, 5) is 3.98. The third-order valence-corrected chi connectivity index (χ3v) is 4.10. The minimum Gasteiger partial charge on any atom is -0.380 e. The second-order valence-corrected chi connectivity index (χ2v) is 5.81. The molecule has 1 aromatic rings. The predicted octanol–water partition coefficient (Wildman–Crippen LogP) is -0.541. The molecule has 1 aliphatic rings. The Balaban J connectivity index is 2.19. The molecule has 0 aliphatic carbocycles. The zero-order valence-corrected chi connectivity index (χ0v) is 11.1. The van der Waals surface area contributed by atoms with Crippen LogP contribution in [0.4, 0.5) is 0 Å². The molecule has 1 fully saturated rings. The lowest BCUT2D eigenvalue weighted by molar-refractivity contribution is 0.192. The van der Waals surface area contributed by atoms with Crippen molar-refractivity contribution in [3.63, 3.8) is 0 Å². The summed E-state index contributed by atoms with van der Waals surface area (Å²) in [5, 5.41) is 0. The summed E-state index contributed by atoms with van der Waals surface area (Å²) in [7, 11) is -3.58. The highest BCUT2D eigenvalue weighted by Crippen LogP contribution is 2.12. The molecule has 7 heteroatoms. The van der Waals surface area contributed by atoms with Gasteiger partial charge in [-0.15, -0.1) is 0 Å². The van der Waals surface area contributed by atoms with Gasteiger partial charge in [0.15, 0.2) is 0 Å².